The first kappa shape index (κ1) is 14.5. The number of carbonyl (C=O) groups is 2. The zero-order valence-electron chi connectivity index (χ0n) is 11.6. The highest BCUT2D eigenvalue weighted by atomic mass is 16.5. The lowest BCUT2D eigenvalue weighted by Crippen LogP contribution is -2.32. The maximum atomic E-state index is 12.0. The van der Waals surface area contributed by atoms with Crippen LogP contribution >= 0.6 is 0 Å². The minimum Gasteiger partial charge on any atom is -0.381 e. The zero-order chi connectivity index (χ0) is 14.4. The van der Waals surface area contributed by atoms with E-state index in [1.165, 1.54) is 6.92 Å². The van der Waals surface area contributed by atoms with Crippen molar-refractivity contribution in [3.63, 3.8) is 0 Å². The first-order valence-corrected chi connectivity index (χ1v) is 6.89. The molecule has 1 fully saturated rings. The topological polar surface area (TPSA) is 67.4 Å². The van der Waals surface area contributed by atoms with Crippen molar-refractivity contribution in [2.24, 2.45) is 5.92 Å². The molecule has 1 aliphatic rings. The fourth-order valence-corrected chi connectivity index (χ4v) is 2.20. The van der Waals surface area contributed by atoms with Crippen molar-refractivity contribution in [2.75, 3.05) is 25.1 Å². The van der Waals surface area contributed by atoms with E-state index < -0.39 is 0 Å². The second-order valence-corrected chi connectivity index (χ2v) is 5.02. The van der Waals surface area contributed by atoms with Gasteiger partial charge >= 0.3 is 0 Å². The van der Waals surface area contributed by atoms with Crippen molar-refractivity contribution in [3.8, 4) is 0 Å². The molecule has 5 heteroatoms. The molecule has 0 unspecified atom stereocenters. The number of hydrogen-bond acceptors (Lipinski definition) is 3. The highest BCUT2D eigenvalue weighted by Crippen LogP contribution is 2.14. The van der Waals surface area contributed by atoms with Crippen LogP contribution in [0.2, 0.25) is 0 Å². The van der Waals surface area contributed by atoms with Gasteiger partial charge in [0, 0.05) is 37.9 Å². The lowest BCUT2D eigenvalue weighted by atomic mass is 10.0. The summed E-state index contributed by atoms with van der Waals surface area (Å²) >= 11 is 0. The first-order chi connectivity index (χ1) is 9.65. The highest BCUT2D eigenvalue weighted by molar-refractivity contribution is 5.95. The lowest BCUT2D eigenvalue weighted by Gasteiger charge is -2.22. The number of carbonyl (C=O) groups excluding carboxylic acids is 2. The third-order valence-electron chi connectivity index (χ3n) is 3.36. The minimum absolute atomic E-state index is 0.0779. The molecule has 1 heterocycles. The van der Waals surface area contributed by atoms with Gasteiger partial charge in [-0.3, -0.25) is 9.59 Å². The molecule has 0 bridgehead atoms. The largest absolute Gasteiger partial charge is 0.381 e. The molecule has 0 aromatic heterocycles. The number of ether oxygens (including phenoxy) is 1. The Morgan fingerprint density at radius 2 is 1.85 bits per heavy atom. The van der Waals surface area contributed by atoms with Gasteiger partial charge in [0.25, 0.3) is 5.91 Å². The number of amides is 2. The Kier molecular flexibility index (Phi) is 5.12. The Labute approximate surface area is 118 Å². The standard InChI is InChI=1S/C15H20N2O3/c1-11(18)17-14-4-2-13(3-5-14)15(19)16-10-12-6-8-20-9-7-12/h2-5,12H,6-10H2,1H3,(H,16,19)(H,17,18). The Bertz CT molecular complexity index is 465. The quantitative estimate of drug-likeness (QED) is 0.881. The van der Waals surface area contributed by atoms with Crippen LogP contribution in [0, 0.1) is 5.92 Å². The van der Waals surface area contributed by atoms with Crippen LogP contribution in [0.1, 0.15) is 30.1 Å². The summed E-state index contributed by atoms with van der Waals surface area (Å²) in [7, 11) is 0. The van der Waals surface area contributed by atoms with E-state index in [9.17, 15) is 9.59 Å². The number of nitrogens with one attached hydrogen (secondary N) is 2. The molecule has 20 heavy (non-hydrogen) atoms. The van der Waals surface area contributed by atoms with Crippen molar-refractivity contribution in [2.45, 2.75) is 19.8 Å². The van der Waals surface area contributed by atoms with Crippen molar-refractivity contribution < 1.29 is 14.3 Å². The molecule has 0 saturated carbocycles. The molecule has 2 amide bonds. The summed E-state index contributed by atoms with van der Waals surface area (Å²) in [5.41, 5.74) is 1.30. The Hall–Kier alpha value is -1.88. The van der Waals surface area contributed by atoms with Gasteiger partial charge in [0.1, 0.15) is 0 Å². The van der Waals surface area contributed by atoms with E-state index in [2.05, 4.69) is 10.6 Å². The number of rotatable bonds is 4. The molecule has 1 aromatic carbocycles. The monoisotopic (exact) mass is 276 g/mol. The SMILES string of the molecule is CC(=O)Nc1ccc(C(=O)NCC2CCOCC2)cc1. The summed E-state index contributed by atoms with van der Waals surface area (Å²) in [5.74, 6) is 0.305. The summed E-state index contributed by atoms with van der Waals surface area (Å²) in [6.45, 7) is 3.71. The molecular formula is C15H20N2O3. The summed E-state index contributed by atoms with van der Waals surface area (Å²) in [6.07, 6.45) is 2.00. The van der Waals surface area contributed by atoms with Crippen LogP contribution in [0.25, 0.3) is 0 Å². The highest BCUT2D eigenvalue weighted by Gasteiger charge is 2.15. The van der Waals surface area contributed by atoms with Crippen molar-refractivity contribution in [1.29, 1.82) is 0 Å². The molecular weight excluding hydrogens is 256 g/mol. The Morgan fingerprint density at radius 3 is 2.45 bits per heavy atom. The molecule has 0 atom stereocenters. The average Bonchev–Trinajstić information content (AvgIpc) is 2.46. The minimum atomic E-state index is -0.123. The number of anilines is 1. The molecule has 1 aliphatic heterocycles. The third-order valence-corrected chi connectivity index (χ3v) is 3.36. The molecule has 0 radical (unpaired) electrons. The predicted molar refractivity (Wildman–Crippen MR) is 76.6 cm³/mol. The van der Waals surface area contributed by atoms with Gasteiger partial charge in [-0.05, 0) is 43.0 Å². The van der Waals surface area contributed by atoms with Gasteiger partial charge < -0.3 is 15.4 Å². The molecule has 2 N–H and O–H groups in total. The molecule has 0 aliphatic carbocycles. The van der Waals surface area contributed by atoms with Gasteiger partial charge in [-0.15, -0.1) is 0 Å². The van der Waals surface area contributed by atoms with Crippen LogP contribution in [-0.2, 0) is 9.53 Å². The van der Waals surface area contributed by atoms with E-state index in [1.54, 1.807) is 24.3 Å². The fourth-order valence-electron chi connectivity index (χ4n) is 2.20. The first-order valence-electron chi connectivity index (χ1n) is 6.89. The van der Waals surface area contributed by atoms with E-state index in [0.29, 0.717) is 23.7 Å². The number of hydrogen-bond donors (Lipinski definition) is 2. The van der Waals surface area contributed by atoms with Crippen molar-refractivity contribution in [1.82, 2.24) is 5.32 Å². The average molecular weight is 276 g/mol. The van der Waals surface area contributed by atoms with Crippen LogP contribution < -0.4 is 10.6 Å². The number of benzene rings is 1. The second kappa shape index (κ2) is 7.05. The van der Waals surface area contributed by atoms with Crippen LogP contribution in [-0.4, -0.2) is 31.6 Å². The van der Waals surface area contributed by atoms with E-state index in [4.69, 9.17) is 4.74 Å². The Balaban J connectivity index is 1.83. The van der Waals surface area contributed by atoms with Gasteiger partial charge in [-0.25, -0.2) is 0 Å². The van der Waals surface area contributed by atoms with Crippen LogP contribution in [0.4, 0.5) is 5.69 Å². The maximum Gasteiger partial charge on any atom is 0.251 e. The van der Waals surface area contributed by atoms with E-state index in [0.717, 1.165) is 26.1 Å². The van der Waals surface area contributed by atoms with Gasteiger partial charge in [-0.1, -0.05) is 0 Å². The molecule has 108 valence electrons. The summed E-state index contributed by atoms with van der Waals surface area (Å²) < 4.78 is 5.29. The lowest BCUT2D eigenvalue weighted by molar-refractivity contribution is -0.114. The second-order valence-electron chi connectivity index (χ2n) is 5.02. The zero-order valence-corrected chi connectivity index (χ0v) is 11.6. The molecule has 1 aromatic rings. The van der Waals surface area contributed by atoms with Crippen molar-refractivity contribution in [3.05, 3.63) is 29.8 Å². The smallest absolute Gasteiger partial charge is 0.251 e. The summed E-state index contributed by atoms with van der Waals surface area (Å²) in [5, 5.41) is 5.62. The van der Waals surface area contributed by atoms with Gasteiger partial charge in [0.2, 0.25) is 5.91 Å². The molecule has 2 rings (SSSR count). The van der Waals surface area contributed by atoms with Crippen molar-refractivity contribution >= 4 is 17.5 Å². The summed E-state index contributed by atoms with van der Waals surface area (Å²) in [4.78, 5) is 22.9. The summed E-state index contributed by atoms with van der Waals surface area (Å²) in [6, 6.07) is 6.88. The van der Waals surface area contributed by atoms with Crippen LogP contribution in [0.5, 0.6) is 0 Å². The molecule has 1 saturated heterocycles. The van der Waals surface area contributed by atoms with Gasteiger partial charge in [-0.2, -0.15) is 0 Å². The normalized spacial score (nSPS) is 15.7. The van der Waals surface area contributed by atoms with Crippen LogP contribution in [0.15, 0.2) is 24.3 Å². The van der Waals surface area contributed by atoms with Gasteiger partial charge in [0.05, 0.1) is 0 Å². The fraction of sp³-hybridized carbons (Fsp3) is 0.467. The molecule has 0 spiro atoms. The molecule has 5 nitrogen and oxygen atoms in total. The predicted octanol–water partition coefficient (Wildman–Crippen LogP) is 1.80. The Morgan fingerprint density at radius 1 is 1.20 bits per heavy atom. The van der Waals surface area contributed by atoms with Gasteiger partial charge in [0.15, 0.2) is 0 Å². The van der Waals surface area contributed by atoms with E-state index >= 15 is 0 Å². The van der Waals surface area contributed by atoms with E-state index in [1.807, 2.05) is 0 Å². The van der Waals surface area contributed by atoms with Crippen LogP contribution in [0.3, 0.4) is 0 Å². The maximum absolute atomic E-state index is 12.0. The third kappa shape index (κ3) is 4.35. The van der Waals surface area contributed by atoms with E-state index in [-0.39, 0.29) is 11.8 Å².